The van der Waals surface area contributed by atoms with Crippen LogP contribution in [0.4, 0.5) is 0 Å². The Morgan fingerprint density at radius 2 is 1.50 bits per heavy atom. The molecule has 0 amide bonds. The van der Waals surface area contributed by atoms with Crippen molar-refractivity contribution in [3.8, 4) is 0 Å². The van der Waals surface area contributed by atoms with E-state index in [-0.39, 0.29) is 0 Å². The Labute approximate surface area is 111 Å². The third kappa shape index (κ3) is 2.12. The lowest BCUT2D eigenvalue weighted by atomic mass is 9.58. The Balaban J connectivity index is 1.51. The summed E-state index contributed by atoms with van der Waals surface area (Å²) in [5, 5.41) is 0. The molecule has 18 heavy (non-hydrogen) atoms. The van der Waals surface area contributed by atoms with Crippen LogP contribution in [0.25, 0.3) is 0 Å². The highest BCUT2D eigenvalue weighted by Crippen LogP contribution is 2.57. The fraction of sp³-hybridized carbons (Fsp3) is 1.00. The molecule has 0 aromatic carbocycles. The van der Waals surface area contributed by atoms with Crippen LogP contribution in [-0.2, 0) is 4.74 Å². The van der Waals surface area contributed by atoms with Crippen molar-refractivity contribution in [3.63, 3.8) is 0 Å². The summed E-state index contributed by atoms with van der Waals surface area (Å²) in [4.78, 5) is 1.85. The van der Waals surface area contributed by atoms with E-state index in [0.717, 1.165) is 36.4 Å². The Morgan fingerprint density at radius 1 is 0.889 bits per heavy atom. The van der Waals surface area contributed by atoms with Crippen molar-refractivity contribution < 1.29 is 9.64 Å². The molecule has 5 fully saturated rings. The van der Waals surface area contributed by atoms with E-state index in [1.54, 1.807) is 44.9 Å². The summed E-state index contributed by atoms with van der Waals surface area (Å²) in [5.41, 5.74) is 0.750. The average Bonchev–Trinajstić information content (AvgIpc) is 2.56. The van der Waals surface area contributed by atoms with Gasteiger partial charge in [-0.1, -0.05) is 12.8 Å². The smallest absolute Gasteiger partial charge is 0.101 e. The predicted octanol–water partition coefficient (Wildman–Crippen LogP) is 1.51. The predicted molar refractivity (Wildman–Crippen MR) is 71.6 cm³/mol. The highest BCUT2D eigenvalue weighted by atomic mass is 16.5. The van der Waals surface area contributed by atoms with Crippen LogP contribution in [0.2, 0.25) is 0 Å². The summed E-state index contributed by atoms with van der Waals surface area (Å²) >= 11 is 0. The van der Waals surface area contributed by atoms with Gasteiger partial charge >= 0.3 is 0 Å². The first kappa shape index (κ1) is 11.7. The fourth-order valence-corrected chi connectivity index (χ4v) is 5.95. The zero-order valence-corrected chi connectivity index (χ0v) is 11.6. The standard InChI is InChI=1S/C16H27NO/c1-2-14-8-15-7-13(1)9-16(10-14,11-15)12-17-3-5-18-6-4-17/h13-15H,1-12H2/p+1/t13-,14+,15?,16?. The van der Waals surface area contributed by atoms with Gasteiger partial charge in [0.2, 0.25) is 0 Å². The number of ether oxygens (including phenoxy) is 1. The van der Waals surface area contributed by atoms with Crippen LogP contribution < -0.4 is 4.90 Å². The summed E-state index contributed by atoms with van der Waals surface area (Å²) < 4.78 is 5.52. The number of hydrogen-bond acceptors (Lipinski definition) is 1. The van der Waals surface area contributed by atoms with Crippen molar-refractivity contribution in [2.45, 2.75) is 44.9 Å². The monoisotopic (exact) mass is 250 g/mol. The van der Waals surface area contributed by atoms with Crippen molar-refractivity contribution in [3.05, 3.63) is 0 Å². The Morgan fingerprint density at radius 3 is 2.17 bits per heavy atom. The highest BCUT2D eigenvalue weighted by molar-refractivity contribution is 4.98. The molecule has 4 aliphatic carbocycles. The molecular weight excluding hydrogens is 222 g/mol. The highest BCUT2D eigenvalue weighted by Gasteiger charge is 2.50. The van der Waals surface area contributed by atoms with Crippen LogP contribution in [0, 0.1) is 23.2 Å². The summed E-state index contributed by atoms with van der Waals surface area (Å²) in [7, 11) is 0. The summed E-state index contributed by atoms with van der Waals surface area (Å²) in [6.45, 7) is 6.01. The van der Waals surface area contributed by atoms with E-state index >= 15 is 0 Å². The Hall–Kier alpha value is -0.0800. The lowest BCUT2D eigenvalue weighted by Crippen LogP contribution is -3.15. The third-order valence-electron chi connectivity index (χ3n) is 6.31. The van der Waals surface area contributed by atoms with Crippen LogP contribution in [0.1, 0.15) is 44.9 Å². The van der Waals surface area contributed by atoms with Gasteiger partial charge in [-0.3, -0.25) is 0 Å². The number of fused-ring (bicyclic) bond motifs is 1. The molecule has 0 aromatic heterocycles. The minimum absolute atomic E-state index is 0.750. The molecule has 4 bridgehead atoms. The molecule has 0 aromatic rings. The third-order valence-corrected chi connectivity index (χ3v) is 6.31. The van der Waals surface area contributed by atoms with Crippen molar-refractivity contribution in [1.82, 2.24) is 0 Å². The van der Waals surface area contributed by atoms with Gasteiger partial charge in [0.05, 0.1) is 19.8 Å². The van der Waals surface area contributed by atoms with Gasteiger partial charge in [-0.25, -0.2) is 0 Å². The molecule has 2 unspecified atom stereocenters. The van der Waals surface area contributed by atoms with Gasteiger partial charge in [-0.15, -0.1) is 0 Å². The van der Waals surface area contributed by atoms with Crippen molar-refractivity contribution in [2.75, 3.05) is 32.8 Å². The number of morpholine rings is 1. The van der Waals surface area contributed by atoms with E-state index in [1.807, 2.05) is 4.90 Å². The molecule has 5 aliphatic rings. The maximum absolute atomic E-state index is 5.52. The maximum Gasteiger partial charge on any atom is 0.101 e. The first-order valence-corrected chi connectivity index (χ1v) is 8.23. The summed E-state index contributed by atoms with van der Waals surface area (Å²) in [5.74, 6) is 3.29. The molecule has 1 heterocycles. The lowest BCUT2D eigenvalue weighted by molar-refractivity contribution is -0.915. The summed E-state index contributed by atoms with van der Waals surface area (Å²) in [6, 6.07) is 0. The SMILES string of the molecule is C1C[NH+](CC23CC4C[C@@H](CC[C@@H](C4)C2)C3)CCO1. The van der Waals surface area contributed by atoms with Gasteiger partial charge in [-0.05, 0) is 49.9 Å². The molecule has 4 atom stereocenters. The lowest BCUT2D eigenvalue weighted by Gasteiger charge is -2.49. The van der Waals surface area contributed by atoms with Crippen molar-refractivity contribution in [2.24, 2.45) is 23.2 Å². The minimum Gasteiger partial charge on any atom is -0.370 e. The van der Waals surface area contributed by atoms with Crippen LogP contribution in [0.15, 0.2) is 0 Å². The first-order chi connectivity index (χ1) is 8.81. The fourth-order valence-electron chi connectivity index (χ4n) is 5.95. The summed E-state index contributed by atoms with van der Waals surface area (Å²) in [6.07, 6.45) is 11.0. The van der Waals surface area contributed by atoms with Crippen molar-refractivity contribution >= 4 is 0 Å². The van der Waals surface area contributed by atoms with E-state index in [4.69, 9.17) is 4.74 Å². The molecule has 2 heteroatoms. The minimum atomic E-state index is 0.750. The molecular formula is C16H28NO+. The molecule has 0 spiro atoms. The van der Waals surface area contributed by atoms with Crippen LogP contribution in [0.3, 0.4) is 0 Å². The van der Waals surface area contributed by atoms with E-state index in [2.05, 4.69) is 0 Å². The topological polar surface area (TPSA) is 13.7 Å². The van der Waals surface area contributed by atoms with Gasteiger partial charge < -0.3 is 9.64 Å². The molecule has 1 N–H and O–H groups in total. The van der Waals surface area contributed by atoms with Gasteiger partial charge in [0.1, 0.15) is 13.1 Å². The molecule has 1 aliphatic heterocycles. The molecule has 102 valence electrons. The van der Waals surface area contributed by atoms with E-state index in [9.17, 15) is 0 Å². The molecule has 2 nitrogen and oxygen atoms in total. The second kappa shape index (κ2) is 4.49. The molecule has 0 radical (unpaired) electrons. The first-order valence-electron chi connectivity index (χ1n) is 8.23. The quantitative estimate of drug-likeness (QED) is 0.784. The number of nitrogens with one attached hydrogen (secondary N) is 1. The van der Waals surface area contributed by atoms with Gasteiger partial charge in [0.15, 0.2) is 0 Å². The average molecular weight is 250 g/mol. The maximum atomic E-state index is 5.52. The van der Waals surface area contributed by atoms with Gasteiger partial charge in [-0.2, -0.15) is 0 Å². The zero-order valence-electron chi connectivity index (χ0n) is 11.6. The van der Waals surface area contributed by atoms with Crippen LogP contribution >= 0.6 is 0 Å². The van der Waals surface area contributed by atoms with Crippen LogP contribution in [0.5, 0.6) is 0 Å². The number of hydrogen-bond donors (Lipinski definition) is 1. The van der Waals surface area contributed by atoms with E-state index in [1.165, 1.54) is 19.6 Å². The normalized spacial score (nSPS) is 48.3. The van der Waals surface area contributed by atoms with Gasteiger partial charge in [0, 0.05) is 5.41 Å². The van der Waals surface area contributed by atoms with E-state index in [0.29, 0.717) is 0 Å². The molecule has 5 rings (SSSR count). The second-order valence-electron chi connectivity index (χ2n) is 7.80. The number of quaternary nitrogens is 1. The zero-order chi connectivity index (χ0) is 12.0. The largest absolute Gasteiger partial charge is 0.370 e. The van der Waals surface area contributed by atoms with Crippen LogP contribution in [-0.4, -0.2) is 32.8 Å². The number of rotatable bonds is 2. The molecule has 4 saturated carbocycles. The Bertz CT molecular complexity index is 294. The Kier molecular flexibility index (Phi) is 2.92. The second-order valence-corrected chi connectivity index (χ2v) is 7.80. The van der Waals surface area contributed by atoms with Crippen molar-refractivity contribution in [1.29, 1.82) is 0 Å². The van der Waals surface area contributed by atoms with E-state index < -0.39 is 0 Å². The molecule has 1 saturated heterocycles. The van der Waals surface area contributed by atoms with Gasteiger partial charge in [0.25, 0.3) is 0 Å².